The summed E-state index contributed by atoms with van der Waals surface area (Å²) in [6, 6.07) is 12.8. The number of nitriles is 1. The average molecular weight is 336 g/mol. The Morgan fingerprint density at radius 3 is 2.40 bits per heavy atom. The first kappa shape index (κ1) is 18.1. The maximum atomic E-state index is 12.4. The number of benzene rings is 2. The first-order valence-electron chi connectivity index (χ1n) is 7.71. The standard InChI is InChI=1S/C20H20N2O3/c1-13-5-7-17(14(2)9-13)22-20(23)16(12-21)10-15-6-8-18(24-3)19(11-15)25-4/h5-11H,1-4H3,(H,22,23)/b16-10+. The van der Waals surface area contributed by atoms with E-state index in [-0.39, 0.29) is 5.57 Å². The van der Waals surface area contributed by atoms with Crippen molar-refractivity contribution in [1.29, 1.82) is 5.26 Å². The molecule has 0 aliphatic heterocycles. The van der Waals surface area contributed by atoms with Crippen LogP contribution in [0.3, 0.4) is 0 Å². The zero-order valence-corrected chi connectivity index (χ0v) is 14.7. The molecule has 0 heterocycles. The third-order valence-electron chi connectivity index (χ3n) is 3.71. The van der Waals surface area contributed by atoms with E-state index in [1.807, 2.05) is 38.1 Å². The van der Waals surface area contributed by atoms with Gasteiger partial charge in [-0.1, -0.05) is 23.8 Å². The number of aryl methyl sites for hydroxylation is 2. The molecule has 128 valence electrons. The number of carbonyl (C=O) groups excluding carboxylic acids is 1. The Morgan fingerprint density at radius 1 is 1.08 bits per heavy atom. The van der Waals surface area contributed by atoms with Gasteiger partial charge in [0.25, 0.3) is 5.91 Å². The Balaban J connectivity index is 2.28. The van der Waals surface area contributed by atoms with Crippen molar-refractivity contribution in [2.24, 2.45) is 0 Å². The van der Waals surface area contributed by atoms with Crippen LogP contribution in [-0.2, 0) is 4.79 Å². The van der Waals surface area contributed by atoms with E-state index in [1.165, 1.54) is 13.2 Å². The summed E-state index contributed by atoms with van der Waals surface area (Å²) in [6.45, 7) is 3.89. The van der Waals surface area contributed by atoms with E-state index in [2.05, 4.69) is 5.32 Å². The lowest BCUT2D eigenvalue weighted by Crippen LogP contribution is -2.14. The Hall–Kier alpha value is -3.26. The number of nitrogens with zero attached hydrogens (tertiary/aromatic N) is 1. The van der Waals surface area contributed by atoms with Crippen LogP contribution in [0.5, 0.6) is 11.5 Å². The number of rotatable bonds is 5. The smallest absolute Gasteiger partial charge is 0.266 e. The molecule has 0 radical (unpaired) electrons. The van der Waals surface area contributed by atoms with Gasteiger partial charge < -0.3 is 14.8 Å². The first-order chi connectivity index (χ1) is 12.0. The van der Waals surface area contributed by atoms with Crippen LogP contribution in [0.4, 0.5) is 5.69 Å². The number of hydrogen-bond donors (Lipinski definition) is 1. The number of carbonyl (C=O) groups is 1. The molecule has 2 rings (SSSR count). The van der Waals surface area contributed by atoms with Crippen LogP contribution < -0.4 is 14.8 Å². The lowest BCUT2D eigenvalue weighted by Gasteiger charge is -2.09. The second kappa shape index (κ2) is 8.02. The Labute approximate surface area is 147 Å². The minimum absolute atomic E-state index is 0.00666. The number of anilines is 1. The summed E-state index contributed by atoms with van der Waals surface area (Å²) < 4.78 is 10.4. The predicted octanol–water partition coefficient (Wildman–Crippen LogP) is 3.87. The number of methoxy groups -OCH3 is 2. The van der Waals surface area contributed by atoms with Crippen LogP contribution in [-0.4, -0.2) is 20.1 Å². The maximum absolute atomic E-state index is 12.4. The summed E-state index contributed by atoms with van der Waals surface area (Å²) in [5.74, 6) is 0.658. The predicted molar refractivity (Wildman–Crippen MR) is 97.7 cm³/mol. The van der Waals surface area contributed by atoms with Crippen molar-refractivity contribution in [2.45, 2.75) is 13.8 Å². The summed E-state index contributed by atoms with van der Waals surface area (Å²) >= 11 is 0. The van der Waals surface area contributed by atoms with Gasteiger partial charge in [0.05, 0.1) is 14.2 Å². The van der Waals surface area contributed by atoms with E-state index in [4.69, 9.17) is 9.47 Å². The van der Waals surface area contributed by atoms with Crippen molar-refractivity contribution in [3.8, 4) is 17.6 Å². The van der Waals surface area contributed by atoms with E-state index in [0.29, 0.717) is 22.7 Å². The fraction of sp³-hybridized carbons (Fsp3) is 0.200. The van der Waals surface area contributed by atoms with Crippen LogP contribution >= 0.6 is 0 Å². The molecule has 5 nitrogen and oxygen atoms in total. The number of nitrogens with one attached hydrogen (secondary N) is 1. The SMILES string of the molecule is COc1ccc(/C=C(\C#N)C(=O)Nc2ccc(C)cc2C)cc1OC. The van der Waals surface area contributed by atoms with E-state index >= 15 is 0 Å². The highest BCUT2D eigenvalue weighted by Gasteiger charge is 2.12. The zero-order valence-electron chi connectivity index (χ0n) is 14.7. The van der Waals surface area contributed by atoms with E-state index in [0.717, 1.165) is 11.1 Å². The van der Waals surface area contributed by atoms with Gasteiger partial charge in [0.2, 0.25) is 0 Å². The van der Waals surface area contributed by atoms with E-state index in [1.54, 1.807) is 25.3 Å². The molecule has 25 heavy (non-hydrogen) atoms. The fourth-order valence-electron chi connectivity index (χ4n) is 2.40. The van der Waals surface area contributed by atoms with Gasteiger partial charge >= 0.3 is 0 Å². The van der Waals surface area contributed by atoms with Crippen LogP contribution in [0.1, 0.15) is 16.7 Å². The highest BCUT2D eigenvalue weighted by atomic mass is 16.5. The quantitative estimate of drug-likeness (QED) is 0.665. The van der Waals surface area contributed by atoms with Crippen molar-refractivity contribution in [3.63, 3.8) is 0 Å². The number of hydrogen-bond acceptors (Lipinski definition) is 4. The van der Waals surface area contributed by atoms with Gasteiger partial charge in [-0.15, -0.1) is 0 Å². The molecule has 0 atom stereocenters. The molecule has 0 fully saturated rings. The van der Waals surface area contributed by atoms with Crippen LogP contribution in [0, 0.1) is 25.2 Å². The third-order valence-corrected chi connectivity index (χ3v) is 3.71. The molecule has 0 aromatic heterocycles. The van der Waals surface area contributed by atoms with Gasteiger partial charge in [0, 0.05) is 5.69 Å². The van der Waals surface area contributed by atoms with Gasteiger partial charge in [0.1, 0.15) is 11.6 Å². The Bertz CT molecular complexity index is 864. The minimum atomic E-state index is -0.454. The number of amides is 1. The summed E-state index contributed by atoms with van der Waals surface area (Å²) in [4.78, 5) is 12.4. The van der Waals surface area contributed by atoms with Crippen molar-refractivity contribution in [3.05, 3.63) is 58.7 Å². The highest BCUT2D eigenvalue weighted by molar-refractivity contribution is 6.10. The molecule has 0 saturated carbocycles. The zero-order chi connectivity index (χ0) is 18.4. The molecule has 1 N–H and O–H groups in total. The molecule has 2 aromatic rings. The van der Waals surface area contributed by atoms with Crippen molar-refractivity contribution in [2.75, 3.05) is 19.5 Å². The lowest BCUT2D eigenvalue weighted by atomic mass is 10.1. The molecule has 0 unspecified atom stereocenters. The summed E-state index contributed by atoms with van der Waals surface area (Å²) in [6.07, 6.45) is 1.51. The van der Waals surface area contributed by atoms with Gasteiger partial charge in [-0.25, -0.2) is 0 Å². The highest BCUT2D eigenvalue weighted by Crippen LogP contribution is 2.28. The average Bonchev–Trinajstić information content (AvgIpc) is 2.61. The molecular formula is C20H20N2O3. The molecule has 0 bridgehead atoms. The second-order valence-electron chi connectivity index (χ2n) is 5.56. The summed E-state index contributed by atoms with van der Waals surface area (Å²) in [5, 5.41) is 12.1. The van der Waals surface area contributed by atoms with Crippen LogP contribution in [0.25, 0.3) is 6.08 Å². The molecule has 0 saturated heterocycles. The van der Waals surface area contributed by atoms with Crippen molar-refractivity contribution < 1.29 is 14.3 Å². The molecule has 0 spiro atoms. The third kappa shape index (κ3) is 4.39. The monoisotopic (exact) mass is 336 g/mol. The Morgan fingerprint density at radius 2 is 1.80 bits per heavy atom. The molecule has 0 aliphatic carbocycles. The van der Waals surface area contributed by atoms with Gasteiger partial charge in [-0.2, -0.15) is 5.26 Å². The fourth-order valence-corrected chi connectivity index (χ4v) is 2.40. The van der Waals surface area contributed by atoms with Gasteiger partial charge in [0.15, 0.2) is 11.5 Å². The Kier molecular flexibility index (Phi) is 5.80. The lowest BCUT2D eigenvalue weighted by molar-refractivity contribution is -0.112. The molecule has 1 amide bonds. The van der Waals surface area contributed by atoms with E-state index in [9.17, 15) is 10.1 Å². The second-order valence-corrected chi connectivity index (χ2v) is 5.56. The topological polar surface area (TPSA) is 71.3 Å². The largest absolute Gasteiger partial charge is 0.493 e. The van der Waals surface area contributed by atoms with Crippen molar-refractivity contribution in [1.82, 2.24) is 0 Å². The van der Waals surface area contributed by atoms with E-state index < -0.39 is 5.91 Å². The molecule has 5 heteroatoms. The summed E-state index contributed by atoms with van der Waals surface area (Å²) in [5.41, 5.74) is 3.41. The molecule has 2 aromatic carbocycles. The maximum Gasteiger partial charge on any atom is 0.266 e. The van der Waals surface area contributed by atoms with Crippen LogP contribution in [0.2, 0.25) is 0 Å². The number of ether oxygens (including phenoxy) is 2. The molecule has 0 aliphatic rings. The van der Waals surface area contributed by atoms with Gasteiger partial charge in [-0.3, -0.25) is 4.79 Å². The first-order valence-corrected chi connectivity index (χ1v) is 7.71. The normalized spacial score (nSPS) is 10.8. The van der Waals surface area contributed by atoms with Crippen LogP contribution in [0.15, 0.2) is 42.0 Å². The minimum Gasteiger partial charge on any atom is -0.493 e. The molecular weight excluding hydrogens is 316 g/mol. The summed E-state index contributed by atoms with van der Waals surface area (Å²) in [7, 11) is 3.08. The van der Waals surface area contributed by atoms with Gasteiger partial charge in [-0.05, 0) is 49.2 Å². The van der Waals surface area contributed by atoms with Crippen molar-refractivity contribution >= 4 is 17.7 Å².